The van der Waals surface area contributed by atoms with E-state index in [0.29, 0.717) is 16.8 Å². The van der Waals surface area contributed by atoms with E-state index in [4.69, 9.17) is 55.3 Å². The molecule has 4 aromatic carbocycles. The van der Waals surface area contributed by atoms with Gasteiger partial charge in [0.25, 0.3) is 0 Å². The summed E-state index contributed by atoms with van der Waals surface area (Å²) in [6.45, 7) is 0. The van der Waals surface area contributed by atoms with Crippen LogP contribution in [0.2, 0.25) is 0 Å². The van der Waals surface area contributed by atoms with Gasteiger partial charge in [0.2, 0.25) is 0 Å². The Labute approximate surface area is 258 Å². The first-order valence-electron chi connectivity index (χ1n) is 12.7. The predicted octanol–water partition coefficient (Wildman–Crippen LogP) is 9.42. The van der Waals surface area contributed by atoms with Crippen molar-refractivity contribution >= 4 is 46.0 Å². The van der Waals surface area contributed by atoms with Crippen LogP contribution in [0, 0.1) is 22.7 Å². The van der Waals surface area contributed by atoms with Gasteiger partial charge in [-0.3, -0.25) is 0 Å². The summed E-state index contributed by atoms with van der Waals surface area (Å²) >= 11 is 14.4. The highest BCUT2D eigenvalue weighted by molar-refractivity contribution is 6.63. The Hall–Kier alpha value is -4.78. The lowest BCUT2D eigenvalue weighted by atomic mass is 9.98. The number of benzene rings is 4. The zero-order valence-corrected chi connectivity index (χ0v) is 24.2. The van der Waals surface area contributed by atoms with Crippen molar-refractivity contribution in [2.75, 3.05) is 0 Å². The molecule has 202 valence electrons. The van der Waals surface area contributed by atoms with E-state index in [1.807, 2.05) is 84.9 Å². The summed E-state index contributed by atoms with van der Waals surface area (Å²) in [7, 11) is 0. The first-order chi connectivity index (χ1) is 20.4. The van der Waals surface area contributed by atoms with Crippen LogP contribution in [-0.4, -0.2) is 19.2 Å². The Morgan fingerprint density at radius 3 is 1.26 bits per heavy atom. The lowest BCUT2D eigenvalue weighted by Gasteiger charge is -2.12. The van der Waals surface area contributed by atoms with Crippen molar-refractivity contribution in [3.05, 3.63) is 127 Å². The fourth-order valence-electron chi connectivity index (χ4n) is 4.41. The number of pyridine rings is 1. The Morgan fingerprint density at radius 2 is 0.857 bits per heavy atom. The van der Waals surface area contributed by atoms with E-state index >= 15 is 0 Å². The molecular weight excluding hydrogens is 585 g/mol. The second kappa shape index (κ2) is 13.3. The highest BCUT2D eigenvalue weighted by Gasteiger charge is 2.14. The highest BCUT2D eigenvalue weighted by Crippen LogP contribution is 2.33. The molecule has 0 fully saturated rings. The lowest BCUT2D eigenvalue weighted by molar-refractivity contribution is 1.23. The van der Waals surface area contributed by atoms with Crippen LogP contribution >= 0.6 is 34.8 Å². The molecule has 0 atom stereocenters. The molecule has 0 N–H and O–H groups in total. The zero-order chi connectivity index (χ0) is 29.5. The first kappa shape index (κ1) is 28.7. The van der Waals surface area contributed by atoms with Crippen LogP contribution in [0.25, 0.3) is 55.9 Å². The Bertz CT molecular complexity index is 1760. The molecule has 0 bridgehead atoms. The average molecular weight is 605 g/mol. The number of fused-ring (bicyclic) bond motifs is 1. The Balaban J connectivity index is 0.000000830. The summed E-state index contributed by atoms with van der Waals surface area (Å²) in [5.41, 5.74) is 10.2. The van der Waals surface area contributed by atoms with Gasteiger partial charge >= 0.3 is 0 Å². The molecule has 6 aromatic rings. The van der Waals surface area contributed by atoms with E-state index < -0.39 is 4.30 Å². The fourth-order valence-corrected chi connectivity index (χ4v) is 4.41. The van der Waals surface area contributed by atoms with Gasteiger partial charge < -0.3 is 0 Å². The van der Waals surface area contributed by atoms with Gasteiger partial charge in [0.15, 0.2) is 9.94 Å². The average Bonchev–Trinajstić information content (AvgIpc) is 3.04. The zero-order valence-electron chi connectivity index (χ0n) is 21.9. The Morgan fingerprint density at radius 1 is 0.500 bits per heavy atom. The molecule has 0 amide bonds. The third-order valence-corrected chi connectivity index (χ3v) is 6.45. The molecule has 2 heterocycles. The van der Waals surface area contributed by atoms with Gasteiger partial charge in [0, 0.05) is 17.3 Å². The van der Waals surface area contributed by atoms with Crippen molar-refractivity contribution in [2.45, 2.75) is 4.30 Å². The quantitative estimate of drug-likeness (QED) is 0.187. The van der Waals surface area contributed by atoms with E-state index in [0.717, 1.165) is 50.3 Å². The van der Waals surface area contributed by atoms with Gasteiger partial charge in [0.1, 0.15) is 5.52 Å². The minimum absolute atomic E-state index is 0.594. The minimum atomic E-state index is -0.750. The fraction of sp³-hybridized carbons (Fsp3) is 0.0294. The van der Waals surface area contributed by atoms with Gasteiger partial charge in [-0.1, -0.05) is 108 Å². The third kappa shape index (κ3) is 6.74. The summed E-state index contributed by atoms with van der Waals surface area (Å²) in [5, 5.41) is 18.1. The van der Waals surface area contributed by atoms with Crippen molar-refractivity contribution < 1.29 is 0 Å². The maximum atomic E-state index is 9.07. The SMILES string of the molecule is ClC(Cl)Cl.N#Cc1ccc(-c2ccc(-c3nc4cccnc4nc3-c3ccc(-c4ccc(C#N)cc4)cc3)cc2)cc1. The van der Waals surface area contributed by atoms with Crippen LogP contribution in [0.3, 0.4) is 0 Å². The molecule has 0 saturated heterocycles. The molecule has 0 aliphatic rings. The summed E-state index contributed by atoms with van der Waals surface area (Å²) in [4.78, 5) is 14.3. The van der Waals surface area contributed by atoms with Crippen LogP contribution in [0.1, 0.15) is 11.1 Å². The van der Waals surface area contributed by atoms with Gasteiger partial charge in [-0.05, 0) is 58.7 Å². The van der Waals surface area contributed by atoms with Crippen molar-refractivity contribution in [1.29, 1.82) is 10.5 Å². The number of halogens is 3. The van der Waals surface area contributed by atoms with E-state index in [2.05, 4.69) is 41.4 Å². The number of rotatable bonds is 4. The molecule has 0 aliphatic carbocycles. The smallest absolute Gasteiger partial charge is 0.180 e. The van der Waals surface area contributed by atoms with Gasteiger partial charge in [0.05, 0.1) is 34.7 Å². The molecule has 0 radical (unpaired) electrons. The van der Waals surface area contributed by atoms with E-state index in [-0.39, 0.29) is 0 Å². The van der Waals surface area contributed by atoms with E-state index in [1.54, 1.807) is 6.20 Å². The van der Waals surface area contributed by atoms with Crippen LogP contribution in [0.15, 0.2) is 115 Å². The molecule has 8 heteroatoms. The second-order valence-corrected chi connectivity index (χ2v) is 11.0. The molecule has 0 spiro atoms. The summed E-state index contributed by atoms with van der Waals surface area (Å²) in [5.74, 6) is 0. The molecule has 2 aromatic heterocycles. The molecule has 6 rings (SSSR count). The van der Waals surface area contributed by atoms with E-state index in [9.17, 15) is 0 Å². The number of hydrogen-bond acceptors (Lipinski definition) is 5. The van der Waals surface area contributed by atoms with Crippen molar-refractivity contribution in [1.82, 2.24) is 15.0 Å². The van der Waals surface area contributed by atoms with Crippen molar-refractivity contribution in [3.63, 3.8) is 0 Å². The van der Waals surface area contributed by atoms with Crippen LogP contribution in [-0.2, 0) is 0 Å². The third-order valence-electron chi connectivity index (χ3n) is 6.45. The van der Waals surface area contributed by atoms with Crippen LogP contribution in [0.4, 0.5) is 0 Å². The minimum Gasteiger partial charge on any atom is -0.242 e. The summed E-state index contributed by atoms with van der Waals surface area (Å²) in [6, 6.07) is 39.6. The van der Waals surface area contributed by atoms with E-state index in [1.165, 1.54) is 0 Å². The Kier molecular flexibility index (Phi) is 9.07. The number of nitrogens with zero attached hydrogens (tertiary/aromatic N) is 5. The number of hydrogen-bond donors (Lipinski definition) is 0. The molecule has 42 heavy (non-hydrogen) atoms. The normalized spacial score (nSPS) is 10.4. The largest absolute Gasteiger partial charge is 0.242 e. The predicted molar refractivity (Wildman–Crippen MR) is 170 cm³/mol. The second-order valence-electron chi connectivity index (χ2n) is 9.05. The van der Waals surface area contributed by atoms with Gasteiger partial charge in [-0.25, -0.2) is 15.0 Å². The van der Waals surface area contributed by atoms with Crippen molar-refractivity contribution in [3.8, 4) is 56.9 Å². The van der Waals surface area contributed by atoms with Crippen molar-refractivity contribution in [2.24, 2.45) is 0 Å². The van der Waals surface area contributed by atoms with Crippen LogP contribution < -0.4 is 0 Å². The molecule has 0 unspecified atom stereocenters. The monoisotopic (exact) mass is 603 g/mol. The number of nitriles is 2. The topological polar surface area (TPSA) is 86.2 Å². The lowest BCUT2D eigenvalue weighted by Crippen LogP contribution is -1.97. The maximum Gasteiger partial charge on any atom is 0.180 e. The number of aromatic nitrogens is 3. The highest BCUT2D eigenvalue weighted by atomic mass is 35.6. The summed E-state index contributed by atoms with van der Waals surface area (Å²) < 4.78 is -0.750. The maximum absolute atomic E-state index is 9.07. The van der Waals surface area contributed by atoms with Gasteiger partial charge in [-0.15, -0.1) is 0 Å². The number of alkyl halides is 3. The summed E-state index contributed by atoms with van der Waals surface area (Å²) in [6.07, 6.45) is 1.72. The molecule has 5 nitrogen and oxygen atoms in total. The first-order valence-corrected chi connectivity index (χ1v) is 14.0. The molecular formula is C34H20Cl3N5. The van der Waals surface area contributed by atoms with Crippen LogP contribution in [0.5, 0.6) is 0 Å². The molecule has 0 aliphatic heterocycles. The standard InChI is InChI=1S/C33H19N5.CHCl3/c34-20-22-3-7-24(8-4-22)26-11-15-28(16-12-26)31-32(38-33-30(37-31)2-1-19-36-33)29-17-13-27(14-18-29)25-9-5-23(21-35)6-10-25;2-1(3)4/h1-19H;1H. The van der Waals surface area contributed by atoms with Gasteiger partial charge in [-0.2, -0.15) is 10.5 Å². The molecule has 0 saturated carbocycles.